The van der Waals surface area contributed by atoms with Crippen LogP contribution in [0.15, 0.2) is 36.4 Å². The lowest BCUT2D eigenvalue weighted by Crippen LogP contribution is -2.26. The van der Waals surface area contributed by atoms with Gasteiger partial charge in [-0.25, -0.2) is 0 Å². The third-order valence-corrected chi connectivity index (χ3v) is 3.25. The summed E-state index contributed by atoms with van der Waals surface area (Å²) in [5.74, 6) is 0.457. The van der Waals surface area contributed by atoms with Gasteiger partial charge in [-0.3, -0.25) is 14.9 Å². The molecule has 0 aliphatic heterocycles. The number of ketones is 1. The third-order valence-electron chi connectivity index (χ3n) is 3.25. The van der Waals surface area contributed by atoms with E-state index in [1.54, 1.807) is 24.3 Å². The first-order valence-electron chi connectivity index (χ1n) is 6.63. The maximum absolute atomic E-state index is 11.9. The number of rotatable bonds is 4. The molecule has 0 saturated heterocycles. The van der Waals surface area contributed by atoms with Crippen molar-refractivity contribution in [3.8, 4) is 5.75 Å². The van der Waals surface area contributed by atoms with E-state index in [-0.39, 0.29) is 18.1 Å². The van der Waals surface area contributed by atoms with E-state index in [4.69, 9.17) is 4.74 Å². The standard InChI is InChI=1S/C16H17NO4/c1-16(2,3)15(18)10-21-14-9-8-13(17(19)20)11-6-4-5-7-12(11)14/h4-9H,10H2,1-3H3. The average molecular weight is 287 g/mol. The molecule has 0 aromatic heterocycles. The second kappa shape index (κ2) is 5.52. The minimum atomic E-state index is -0.476. The van der Waals surface area contributed by atoms with Gasteiger partial charge in [0.2, 0.25) is 0 Å². The lowest BCUT2D eigenvalue weighted by molar-refractivity contribution is -0.383. The molecule has 0 unspecified atom stereocenters. The van der Waals surface area contributed by atoms with Gasteiger partial charge in [0.15, 0.2) is 5.78 Å². The Kier molecular flexibility index (Phi) is 3.93. The van der Waals surface area contributed by atoms with Crippen LogP contribution in [0.3, 0.4) is 0 Å². The molecule has 5 heteroatoms. The Bertz CT molecular complexity index is 701. The second-order valence-electron chi connectivity index (χ2n) is 5.85. The molecule has 0 radical (unpaired) electrons. The van der Waals surface area contributed by atoms with E-state index in [1.807, 2.05) is 20.8 Å². The molecule has 0 aliphatic carbocycles. The van der Waals surface area contributed by atoms with Crippen molar-refractivity contribution >= 4 is 22.2 Å². The Morgan fingerprint density at radius 2 is 1.76 bits per heavy atom. The molecule has 0 aliphatic rings. The summed E-state index contributed by atoms with van der Waals surface area (Å²) in [6.45, 7) is 5.43. The van der Waals surface area contributed by atoms with E-state index in [0.29, 0.717) is 16.5 Å². The first-order valence-corrected chi connectivity index (χ1v) is 6.63. The Balaban J connectivity index is 2.36. The van der Waals surface area contributed by atoms with Crippen molar-refractivity contribution in [2.75, 3.05) is 6.61 Å². The molecule has 0 spiro atoms. The van der Waals surface area contributed by atoms with Crippen molar-refractivity contribution in [1.29, 1.82) is 0 Å². The van der Waals surface area contributed by atoms with Crippen LogP contribution in [0.4, 0.5) is 5.69 Å². The zero-order chi connectivity index (χ0) is 15.6. The van der Waals surface area contributed by atoms with Crippen molar-refractivity contribution in [2.45, 2.75) is 20.8 Å². The van der Waals surface area contributed by atoms with Crippen molar-refractivity contribution in [2.24, 2.45) is 5.41 Å². The van der Waals surface area contributed by atoms with Crippen LogP contribution in [0.1, 0.15) is 20.8 Å². The quantitative estimate of drug-likeness (QED) is 0.634. The molecular formula is C16H17NO4. The molecule has 110 valence electrons. The van der Waals surface area contributed by atoms with Gasteiger partial charge >= 0.3 is 0 Å². The first kappa shape index (κ1) is 15.0. The number of Topliss-reactive ketones (excluding diaryl/α,β-unsaturated/α-hetero) is 1. The third kappa shape index (κ3) is 3.18. The maximum Gasteiger partial charge on any atom is 0.277 e. The Morgan fingerprint density at radius 3 is 2.33 bits per heavy atom. The lowest BCUT2D eigenvalue weighted by Gasteiger charge is -2.17. The van der Waals surface area contributed by atoms with Gasteiger partial charge in [-0.05, 0) is 12.1 Å². The fraction of sp³-hybridized carbons (Fsp3) is 0.312. The van der Waals surface area contributed by atoms with Gasteiger partial charge in [0, 0.05) is 16.9 Å². The van der Waals surface area contributed by atoms with Gasteiger partial charge in [0.25, 0.3) is 5.69 Å². The number of ether oxygens (including phenoxy) is 1. The highest BCUT2D eigenvalue weighted by atomic mass is 16.6. The lowest BCUT2D eigenvalue weighted by atomic mass is 9.91. The number of nitro groups is 1. The molecule has 21 heavy (non-hydrogen) atoms. The zero-order valence-corrected chi connectivity index (χ0v) is 12.3. The fourth-order valence-corrected chi connectivity index (χ4v) is 1.90. The van der Waals surface area contributed by atoms with E-state index in [1.165, 1.54) is 12.1 Å². The molecule has 2 aromatic carbocycles. The van der Waals surface area contributed by atoms with E-state index in [0.717, 1.165) is 0 Å². The monoisotopic (exact) mass is 287 g/mol. The summed E-state index contributed by atoms with van der Waals surface area (Å²) >= 11 is 0. The highest BCUT2D eigenvalue weighted by molar-refractivity contribution is 5.95. The van der Waals surface area contributed by atoms with Gasteiger partial charge < -0.3 is 4.74 Å². The van der Waals surface area contributed by atoms with Crippen LogP contribution >= 0.6 is 0 Å². The minimum Gasteiger partial charge on any atom is -0.485 e. The van der Waals surface area contributed by atoms with Crippen molar-refractivity contribution < 1.29 is 14.5 Å². The first-order chi connectivity index (χ1) is 9.80. The van der Waals surface area contributed by atoms with Gasteiger partial charge in [-0.2, -0.15) is 0 Å². The van der Waals surface area contributed by atoms with Crippen LogP contribution in [0.25, 0.3) is 10.8 Å². The van der Waals surface area contributed by atoms with Crippen LogP contribution in [0.2, 0.25) is 0 Å². The zero-order valence-electron chi connectivity index (χ0n) is 12.3. The summed E-state index contributed by atoms with van der Waals surface area (Å²) in [6.07, 6.45) is 0. The maximum atomic E-state index is 11.9. The molecular weight excluding hydrogens is 270 g/mol. The molecule has 0 atom stereocenters. The normalized spacial score (nSPS) is 11.4. The number of benzene rings is 2. The Labute approximate surface area is 122 Å². The largest absolute Gasteiger partial charge is 0.485 e. The summed E-state index contributed by atoms with van der Waals surface area (Å²) in [6, 6.07) is 9.88. The Morgan fingerprint density at radius 1 is 1.14 bits per heavy atom. The van der Waals surface area contributed by atoms with E-state index < -0.39 is 10.3 Å². The number of hydrogen-bond donors (Lipinski definition) is 0. The minimum absolute atomic E-state index is 0.0232. The summed E-state index contributed by atoms with van der Waals surface area (Å²) in [5, 5.41) is 12.2. The van der Waals surface area contributed by atoms with Gasteiger partial charge in [0.1, 0.15) is 12.4 Å². The van der Waals surface area contributed by atoms with Crippen LogP contribution in [0.5, 0.6) is 5.75 Å². The number of non-ortho nitro benzene ring substituents is 1. The molecule has 2 aromatic rings. The van der Waals surface area contributed by atoms with Gasteiger partial charge in [0.05, 0.1) is 10.3 Å². The number of hydrogen-bond acceptors (Lipinski definition) is 4. The molecule has 0 N–H and O–H groups in total. The highest BCUT2D eigenvalue weighted by Crippen LogP contribution is 2.33. The second-order valence-corrected chi connectivity index (χ2v) is 5.85. The van der Waals surface area contributed by atoms with Crippen molar-refractivity contribution in [3.05, 3.63) is 46.5 Å². The van der Waals surface area contributed by atoms with Crippen LogP contribution in [-0.4, -0.2) is 17.3 Å². The van der Waals surface area contributed by atoms with E-state index in [2.05, 4.69) is 0 Å². The van der Waals surface area contributed by atoms with Crippen LogP contribution in [-0.2, 0) is 4.79 Å². The summed E-state index contributed by atoms with van der Waals surface area (Å²) in [4.78, 5) is 22.5. The summed E-state index contributed by atoms with van der Waals surface area (Å²) in [5.41, 5.74) is -0.448. The van der Waals surface area contributed by atoms with Crippen molar-refractivity contribution in [1.82, 2.24) is 0 Å². The fourth-order valence-electron chi connectivity index (χ4n) is 1.90. The highest BCUT2D eigenvalue weighted by Gasteiger charge is 2.22. The number of carbonyl (C=O) groups excluding carboxylic acids is 1. The predicted molar refractivity (Wildman–Crippen MR) is 80.6 cm³/mol. The van der Waals surface area contributed by atoms with Crippen LogP contribution < -0.4 is 4.74 Å². The molecule has 0 fully saturated rings. The number of nitrogens with zero attached hydrogens (tertiary/aromatic N) is 1. The molecule has 0 amide bonds. The topological polar surface area (TPSA) is 69.4 Å². The molecule has 0 bridgehead atoms. The van der Waals surface area contributed by atoms with Gasteiger partial charge in [-0.15, -0.1) is 0 Å². The molecule has 2 rings (SSSR count). The summed E-state index contributed by atoms with van der Waals surface area (Å²) in [7, 11) is 0. The molecule has 5 nitrogen and oxygen atoms in total. The SMILES string of the molecule is CC(C)(C)C(=O)COc1ccc([N+](=O)[O-])c2ccccc12. The molecule has 0 saturated carbocycles. The van der Waals surface area contributed by atoms with E-state index in [9.17, 15) is 14.9 Å². The molecule has 0 heterocycles. The number of nitro benzene ring substituents is 1. The van der Waals surface area contributed by atoms with E-state index >= 15 is 0 Å². The average Bonchev–Trinajstić information content (AvgIpc) is 2.42. The predicted octanol–water partition coefficient (Wildman–Crippen LogP) is 3.74. The number of carbonyl (C=O) groups is 1. The summed E-state index contributed by atoms with van der Waals surface area (Å²) < 4.78 is 5.57. The van der Waals surface area contributed by atoms with Crippen molar-refractivity contribution in [3.63, 3.8) is 0 Å². The smallest absolute Gasteiger partial charge is 0.277 e. The van der Waals surface area contributed by atoms with Gasteiger partial charge in [-0.1, -0.05) is 39.0 Å². The van der Waals surface area contributed by atoms with Crippen LogP contribution in [0, 0.1) is 15.5 Å². The number of fused-ring (bicyclic) bond motifs is 1. The Hall–Kier alpha value is -2.43.